The first-order valence-corrected chi connectivity index (χ1v) is 14.8. The van der Waals surface area contributed by atoms with Gasteiger partial charge in [0.15, 0.2) is 0 Å². The number of benzene rings is 2. The van der Waals surface area contributed by atoms with Gasteiger partial charge in [-0.3, -0.25) is 19.4 Å². The van der Waals surface area contributed by atoms with Crippen LogP contribution in [0.1, 0.15) is 55.4 Å². The highest BCUT2D eigenvalue weighted by atomic mass is 19.4. The Hall–Kier alpha value is -4.00. The number of amides is 2. The molecule has 2 fully saturated rings. The Labute approximate surface area is 261 Å². The zero-order valence-electron chi connectivity index (χ0n) is 25.7. The summed E-state index contributed by atoms with van der Waals surface area (Å²) in [6.45, 7) is 6.13. The molecule has 2 aromatic carbocycles. The molecule has 6 nitrogen and oxygen atoms in total. The SMILES string of the molecule is Cc1cc(F)ccc1-c1cc(N2CCCN3CCC[C@H]3C2=O)ncc1N(C)C(=O)C(C)(C)c1cc(C(F)(F)F)cc(C(F)(F)F)c1. The summed E-state index contributed by atoms with van der Waals surface area (Å²) < 4.78 is 96.0. The summed E-state index contributed by atoms with van der Waals surface area (Å²) in [4.78, 5) is 37.0. The second kappa shape index (κ2) is 12.0. The molecule has 3 aromatic rings. The molecule has 13 heteroatoms. The zero-order valence-corrected chi connectivity index (χ0v) is 25.7. The molecule has 0 aliphatic carbocycles. The number of aromatic nitrogens is 1. The Morgan fingerprint density at radius 3 is 2.09 bits per heavy atom. The van der Waals surface area contributed by atoms with Crippen LogP contribution in [0.15, 0.2) is 48.7 Å². The van der Waals surface area contributed by atoms with Gasteiger partial charge in [0.05, 0.1) is 34.5 Å². The molecule has 0 radical (unpaired) electrons. The molecule has 1 aromatic heterocycles. The van der Waals surface area contributed by atoms with E-state index in [0.29, 0.717) is 47.6 Å². The maximum absolute atomic E-state index is 14.1. The quantitative estimate of drug-likeness (QED) is 0.271. The molecular weight excluding hydrogens is 617 g/mol. The van der Waals surface area contributed by atoms with Crippen LogP contribution in [-0.4, -0.2) is 54.4 Å². The number of anilines is 2. The van der Waals surface area contributed by atoms with Gasteiger partial charge >= 0.3 is 12.4 Å². The van der Waals surface area contributed by atoms with Gasteiger partial charge in [-0.1, -0.05) is 6.07 Å². The number of hydrogen-bond acceptors (Lipinski definition) is 4. The molecule has 5 rings (SSSR count). The van der Waals surface area contributed by atoms with E-state index >= 15 is 0 Å². The Kier molecular flexibility index (Phi) is 8.69. The third-order valence-corrected chi connectivity index (χ3v) is 8.88. The zero-order chi connectivity index (χ0) is 33.8. The Balaban J connectivity index is 1.60. The van der Waals surface area contributed by atoms with Crippen LogP contribution in [0.5, 0.6) is 0 Å². The van der Waals surface area contributed by atoms with Crippen molar-refractivity contribution in [1.29, 1.82) is 0 Å². The van der Waals surface area contributed by atoms with E-state index in [-0.39, 0.29) is 23.7 Å². The van der Waals surface area contributed by atoms with Crippen LogP contribution in [0.2, 0.25) is 0 Å². The first-order valence-electron chi connectivity index (χ1n) is 14.8. The topological polar surface area (TPSA) is 56.8 Å². The van der Waals surface area contributed by atoms with Gasteiger partial charge in [-0.05, 0) is 99.7 Å². The number of likely N-dealkylation sites (N-methyl/N-ethyl adjacent to an activating group) is 1. The Bertz CT molecular complexity index is 1640. The average Bonchev–Trinajstić information content (AvgIpc) is 3.39. The van der Waals surface area contributed by atoms with Crippen molar-refractivity contribution in [2.45, 2.75) is 63.8 Å². The third-order valence-electron chi connectivity index (χ3n) is 8.88. The highest BCUT2D eigenvalue weighted by Crippen LogP contribution is 2.41. The van der Waals surface area contributed by atoms with E-state index in [9.17, 15) is 40.3 Å². The maximum Gasteiger partial charge on any atom is 0.416 e. The fourth-order valence-electron chi connectivity index (χ4n) is 6.29. The number of carbonyl (C=O) groups is 2. The fraction of sp³-hybridized carbons (Fsp3) is 0.424. The second-order valence-corrected chi connectivity index (χ2v) is 12.3. The Morgan fingerprint density at radius 2 is 1.48 bits per heavy atom. The van der Waals surface area contributed by atoms with Crippen molar-refractivity contribution in [2.24, 2.45) is 0 Å². The number of aryl methyl sites for hydroxylation is 1. The van der Waals surface area contributed by atoms with Crippen molar-refractivity contribution in [3.05, 3.63) is 76.7 Å². The van der Waals surface area contributed by atoms with E-state index in [4.69, 9.17) is 0 Å². The largest absolute Gasteiger partial charge is 0.416 e. The molecule has 246 valence electrons. The van der Waals surface area contributed by atoms with Crippen LogP contribution in [0, 0.1) is 12.7 Å². The number of rotatable bonds is 5. The summed E-state index contributed by atoms with van der Waals surface area (Å²) >= 11 is 0. The van der Waals surface area contributed by atoms with Crippen LogP contribution >= 0.6 is 0 Å². The lowest BCUT2D eigenvalue weighted by atomic mass is 9.81. The molecule has 2 saturated heterocycles. The van der Waals surface area contributed by atoms with Gasteiger partial charge in [0.25, 0.3) is 0 Å². The molecule has 1 atom stereocenters. The van der Waals surface area contributed by atoms with Gasteiger partial charge in [-0.15, -0.1) is 0 Å². The van der Waals surface area contributed by atoms with Gasteiger partial charge in [0, 0.05) is 25.7 Å². The molecule has 2 aliphatic heterocycles. The number of pyridine rings is 1. The van der Waals surface area contributed by atoms with Crippen LogP contribution in [0.4, 0.5) is 42.2 Å². The van der Waals surface area contributed by atoms with Gasteiger partial charge in [-0.25, -0.2) is 9.37 Å². The van der Waals surface area contributed by atoms with Crippen molar-refractivity contribution < 1.29 is 40.3 Å². The van der Waals surface area contributed by atoms with Gasteiger partial charge < -0.3 is 4.90 Å². The number of halogens is 7. The minimum absolute atomic E-state index is 0.0146. The molecule has 3 heterocycles. The summed E-state index contributed by atoms with van der Waals surface area (Å²) in [6, 6.07) is 6.46. The van der Waals surface area contributed by atoms with Crippen LogP contribution < -0.4 is 9.80 Å². The number of hydrogen-bond donors (Lipinski definition) is 0. The summed E-state index contributed by atoms with van der Waals surface area (Å²) in [5.41, 5.74) is -3.85. The van der Waals surface area contributed by atoms with Crippen molar-refractivity contribution in [3.63, 3.8) is 0 Å². The van der Waals surface area contributed by atoms with E-state index < -0.39 is 46.2 Å². The number of carbonyl (C=O) groups excluding carboxylic acids is 2. The minimum atomic E-state index is -5.09. The predicted molar refractivity (Wildman–Crippen MR) is 159 cm³/mol. The normalized spacial score (nSPS) is 18.0. The minimum Gasteiger partial charge on any atom is -0.313 e. The van der Waals surface area contributed by atoms with Gasteiger partial charge in [0.2, 0.25) is 11.8 Å². The first kappa shape index (κ1) is 33.4. The van der Waals surface area contributed by atoms with E-state index in [1.54, 1.807) is 17.9 Å². The van der Waals surface area contributed by atoms with Crippen molar-refractivity contribution in [1.82, 2.24) is 9.88 Å². The molecule has 46 heavy (non-hydrogen) atoms. The molecule has 2 amide bonds. The molecular formula is C33H33F7N4O2. The van der Waals surface area contributed by atoms with E-state index in [1.165, 1.54) is 45.3 Å². The highest BCUT2D eigenvalue weighted by Gasteiger charge is 2.42. The lowest BCUT2D eigenvalue weighted by Gasteiger charge is -2.32. The Morgan fingerprint density at radius 1 is 0.870 bits per heavy atom. The summed E-state index contributed by atoms with van der Waals surface area (Å²) in [6.07, 6.45) is -6.51. The molecule has 0 spiro atoms. The van der Waals surface area contributed by atoms with Crippen LogP contribution in [0.25, 0.3) is 11.1 Å². The van der Waals surface area contributed by atoms with Crippen LogP contribution in [-0.2, 0) is 27.4 Å². The highest BCUT2D eigenvalue weighted by molar-refractivity contribution is 6.04. The lowest BCUT2D eigenvalue weighted by Crippen LogP contribution is -2.43. The number of fused-ring (bicyclic) bond motifs is 1. The monoisotopic (exact) mass is 650 g/mol. The second-order valence-electron chi connectivity index (χ2n) is 12.3. The smallest absolute Gasteiger partial charge is 0.313 e. The standard InChI is InChI=1S/C33H33F7N4O2/c1-19-13-23(34)8-9-24(19)25-17-28(44-12-6-11-43-10-5-7-26(43)29(44)45)41-18-27(25)42(4)30(46)31(2,3)20-14-21(32(35,36)37)16-22(15-20)33(38,39)40/h8-9,13-18,26H,5-7,10-12H2,1-4H3/t26-/m0/s1. The van der Waals surface area contributed by atoms with Crippen molar-refractivity contribution in [3.8, 4) is 11.1 Å². The van der Waals surface area contributed by atoms with Crippen molar-refractivity contribution >= 4 is 23.3 Å². The maximum atomic E-state index is 14.1. The van der Waals surface area contributed by atoms with Crippen molar-refractivity contribution in [2.75, 3.05) is 36.5 Å². The lowest BCUT2D eigenvalue weighted by molar-refractivity contribution is -0.143. The van der Waals surface area contributed by atoms with Gasteiger partial charge in [-0.2, -0.15) is 26.3 Å². The van der Waals surface area contributed by atoms with E-state index in [2.05, 4.69) is 9.88 Å². The average molecular weight is 651 g/mol. The molecule has 0 saturated carbocycles. The third kappa shape index (κ3) is 6.33. The van der Waals surface area contributed by atoms with Crippen LogP contribution in [0.3, 0.4) is 0 Å². The number of nitrogens with zero attached hydrogens (tertiary/aromatic N) is 4. The van der Waals surface area contributed by atoms with E-state index in [1.807, 2.05) is 0 Å². The van der Waals surface area contributed by atoms with Gasteiger partial charge in [0.1, 0.15) is 11.6 Å². The number of alkyl halides is 6. The molecule has 0 N–H and O–H groups in total. The fourth-order valence-corrected chi connectivity index (χ4v) is 6.29. The first-order chi connectivity index (χ1) is 21.4. The summed E-state index contributed by atoms with van der Waals surface area (Å²) in [7, 11) is 1.34. The van der Waals surface area contributed by atoms with E-state index in [0.717, 1.165) is 30.8 Å². The predicted octanol–water partition coefficient (Wildman–Crippen LogP) is 7.38. The summed E-state index contributed by atoms with van der Waals surface area (Å²) in [5.74, 6) is -1.11. The molecule has 0 bridgehead atoms. The molecule has 0 unspecified atom stereocenters. The summed E-state index contributed by atoms with van der Waals surface area (Å²) in [5, 5.41) is 0. The molecule has 2 aliphatic rings.